The molecule has 15 heavy (non-hydrogen) atoms. The molecular weight excluding hydrogens is 196 g/mol. The number of aromatic amines is 1. The molecule has 0 atom stereocenters. The summed E-state index contributed by atoms with van der Waals surface area (Å²) in [6.45, 7) is 0. The number of hydrogen-bond acceptors (Lipinski definition) is 3. The van der Waals surface area contributed by atoms with Gasteiger partial charge in [0.25, 0.3) is 5.56 Å². The van der Waals surface area contributed by atoms with Gasteiger partial charge in [0.15, 0.2) is 11.2 Å². The van der Waals surface area contributed by atoms with Crippen LogP contribution in [0.5, 0.6) is 0 Å². The molecule has 0 aliphatic heterocycles. The Morgan fingerprint density at radius 3 is 2.53 bits per heavy atom. The van der Waals surface area contributed by atoms with Gasteiger partial charge >= 0.3 is 5.69 Å². The van der Waals surface area contributed by atoms with Crippen molar-refractivity contribution in [1.82, 2.24) is 19.1 Å². The second-order valence-corrected chi connectivity index (χ2v) is 2.62. The Balaban J connectivity index is 3.23. The average Bonchev–Trinajstić information content (AvgIpc) is 2.68. The van der Waals surface area contributed by atoms with Crippen LogP contribution in [-0.4, -0.2) is 19.1 Å². The van der Waals surface area contributed by atoms with Gasteiger partial charge in [0, 0.05) is 12.1 Å². The van der Waals surface area contributed by atoms with E-state index >= 15 is 0 Å². The number of fused-ring (bicyclic) bond motifs is 1. The highest BCUT2D eigenvalue weighted by Gasteiger charge is 2.12. The largest absolute Gasteiger partial charge is 0.356 e. The predicted octanol–water partition coefficient (Wildman–Crippen LogP) is -1.24. The van der Waals surface area contributed by atoms with Crippen molar-refractivity contribution in [3.05, 3.63) is 27.2 Å². The van der Waals surface area contributed by atoms with E-state index < -0.39 is 11.2 Å². The van der Waals surface area contributed by atoms with Gasteiger partial charge in [-0.05, 0) is 0 Å². The van der Waals surface area contributed by atoms with Gasteiger partial charge in [-0.1, -0.05) is 12.8 Å². The molecule has 0 aliphatic carbocycles. The lowest BCUT2D eigenvalue weighted by atomic mass is 10.5. The number of nitrogens with zero attached hydrogens (tertiary/aromatic N) is 3. The molecule has 0 fully saturated rings. The molecule has 0 radical (unpaired) electrons. The first-order valence-electron chi connectivity index (χ1n) is 3.85. The number of nitrogens with one attached hydrogen (secondary N) is 1. The summed E-state index contributed by atoms with van der Waals surface area (Å²) in [6.07, 6.45) is 11.4. The Morgan fingerprint density at radius 1 is 1.27 bits per heavy atom. The van der Waals surface area contributed by atoms with Crippen LogP contribution in [0.25, 0.3) is 11.2 Å². The van der Waals surface area contributed by atoms with Crippen LogP contribution < -0.4 is 11.2 Å². The molecule has 0 aliphatic rings. The Labute approximate surface area is 83.2 Å². The SMILES string of the molecule is C#Cn1c(=O)c2[nH]cnc2n(C#C)c1=O. The summed E-state index contributed by atoms with van der Waals surface area (Å²) in [6, 6.07) is 4.04. The normalized spacial score (nSPS) is 9.73. The fourth-order valence-electron chi connectivity index (χ4n) is 1.23. The zero-order chi connectivity index (χ0) is 11.0. The van der Waals surface area contributed by atoms with E-state index in [1.165, 1.54) is 6.33 Å². The average molecular weight is 200 g/mol. The zero-order valence-electron chi connectivity index (χ0n) is 7.39. The second kappa shape index (κ2) is 2.89. The summed E-state index contributed by atoms with van der Waals surface area (Å²) in [5.74, 6) is 0. The standard InChI is InChI=1S/C9H4N4O2/c1-3-12-7-6(10-5-11-7)8(14)13(4-2)9(12)15/h1-2,5H,(H,10,11). The smallest absolute Gasteiger partial charge is 0.339 e. The minimum atomic E-state index is -0.774. The minimum absolute atomic E-state index is 0.0963. The highest BCUT2D eigenvalue weighted by atomic mass is 16.2. The van der Waals surface area contributed by atoms with Gasteiger partial charge in [-0.25, -0.2) is 9.78 Å². The number of imidazole rings is 1. The van der Waals surface area contributed by atoms with Crippen molar-refractivity contribution in [2.45, 2.75) is 0 Å². The molecule has 72 valence electrons. The lowest BCUT2D eigenvalue weighted by Crippen LogP contribution is -2.36. The van der Waals surface area contributed by atoms with Crippen molar-refractivity contribution in [1.29, 1.82) is 0 Å². The maximum atomic E-state index is 11.6. The molecule has 2 aromatic heterocycles. The van der Waals surface area contributed by atoms with Gasteiger partial charge in [-0.3, -0.25) is 4.79 Å². The Kier molecular flexibility index (Phi) is 1.71. The highest BCUT2D eigenvalue weighted by molar-refractivity contribution is 5.70. The first-order chi connectivity index (χ1) is 7.20. The minimum Gasteiger partial charge on any atom is -0.339 e. The van der Waals surface area contributed by atoms with Gasteiger partial charge in [0.1, 0.15) is 0 Å². The van der Waals surface area contributed by atoms with E-state index in [0.717, 1.165) is 4.57 Å². The molecule has 0 saturated heterocycles. The topological polar surface area (TPSA) is 72.7 Å². The third kappa shape index (κ3) is 0.990. The van der Waals surface area contributed by atoms with E-state index in [1.54, 1.807) is 0 Å². The van der Waals surface area contributed by atoms with Crippen molar-refractivity contribution in [2.24, 2.45) is 0 Å². The molecule has 2 heterocycles. The van der Waals surface area contributed by atoms with Crippen LogP contribution in [0.2, 0.25) is 0 Å². The fourth-order valence-corrected chi connectivity index (χ4v) is 1.23. The van der Waals surface area contributed by atoms with Crippen LogP contribution in [0.1, 0.15) is 0 Å². The molecule has 0 saturated carbocycles. The molecular formula is C9H4N4O2. The molecule has 0 amide bonds. The maximum Gasteiger partial charge on any atom is 0.356 e. The predicted molar refractivity (Wildman–Crippen MR) is 53.1 cm³/mol. The van der Waals surface area contributed by atoms with Crippen LogP contribution >= 0.6 is 0 Å². The second-order valence-electron chi connectivity index (χ2n) is 2.62. The first-order valence-corrected chi connectivity index (χ1v) is 3.85. The Morgan fingerprint density at radius 2 is 1.93 bits per heavy atom. The zero-order valence-corrected chi connectivity index (χ0v) is 7.39. The highest BCUT2D eigenvalue weighted by Crippen LogP contribution is 1.98. The third-order valence-electron chi connectivity index (χ3n) is 1.89. The number of H-pyrrole nitrogens is 1. The summed E-state index contributed by atoms with van der Waals surface area (Å²) in [5, 5.41) is 0. The molecule has 0 aromatic carbocycles. The number of terminal acetylenes is 2. The maximum absolute atomic E-state index is 11.6. The summed E-state index contributed by atoms with van der Waals surface area (Å²) < 4.78 is 1.45. The fraction of sp³-hybridized carbons (Fsp3) is 0. The van der Waals surface area contributed by atoms with Gasteiger partial charge < -0.3 is 4.98 Å². The van der Waals surface area contributed by atoms with Crippen LogP contribution in [0, 0.1) is 24.9 Å². The van der Waals surface area contributed by atoms with E-state index in [0.29, 0.717) is 4.57 Å². The monoisotopic (exact) mass is 200 g/mol. The van der Waals surface area contributed by atoms with Crippen LogP contribution in [0.3, 0.4) is 0 Å². The lowest BCUT2D eigenvalue weighted by Gasteiger charge is -1.98. The number of hydrogen-bond donors (Lipinski definition) is 1. The van der Waals surface area contributed by atoms with Gasteiger partial charge in [-0.2, -0.15) is 9.13 Å². The van der Waals surface area contributed by atoms with E-state index in [2.05, 4.69) is 16.0 Å². The first kappa shape index (κ1) is 8.85. The van der Waals surface area contributed by atoms with Crippen LogP contribution in [0.4, 0.5) is 0 Å². The molecule has 6 nitrogen and oxygen atoms in total. The number of rotatable bonds is 0. The molecule has 2 rings (SSSR count). The van der Waals surface area contributed by atoms with Gasteiger partial charge in [0.05, 0.1) is 6.33 Å². The molecule has 0 bridgehead atoms. The summed E-state index contributed by atoms with van der Waals surface area (Å²) in [4.78, 5) is 29.5. The number of aromatic nitrogens is 4. The van der Waals surface area contributed by atoms with E-state index in [1.807, 2.05) is 6.04 Å². The van der Waals surface area contributed by atoms with Crippen molar-refractivity contribution >= 4 is 11.2 Å². The van der Waals surface area contributed by atoms with Crippen LogP contribution in [0.15, 0.2) is 15.9 Å². The molecule has 0 spiro atoms. The molecule has 1 N–H and O–H groups in total. The molecule has 2 aromatic rings. The van der Waals surface area contributed by atoms with E-state index in [4.69, 9.17) is 12.8 Å². The van der Waals surface area contributed by atoms with E-state index in [-0.39, 0.29) is 11.2 Å². The van der Waals surface area contributed by atoms with E-state index in [9.17, 15) is 9.59 Å². The Bertz CT molecular complexity index is 733. The quantitative estimate of drug-likeness (QED) is 0.541. The summed E-state index contributed by atoms with van der Waals surface area (Å²) in [5.41, 5.74) is -1.21. The summed E-state index contributed by atoms with van der Waals surface area (Å²) in [7, 11) is 0. The molecule has 0 unspecified atom stereocenters. The van der Waals surface area contributed by atoms with Crippen molar-refractivity contribution in [3.63, 3.8) is 0 Å². The summed E-state index contributed by atoms with van der Waals surface area (Å²) >= 11 is 0. The van der Waals surface area contributed by atoms with Crippen molar-refractivity contribution in [3.8, 4) is 24.9 Å². The van der Waals surface area contributed by atoms with Gasteiger partial charge in [0.2, 0.25) is 0 Å². The lowest BCUT2D eigenvalue weighted by molar-refractivity contribution is 0.867. The van der Waals surface area contributed by atoms with Gasteiger partial charge in [-0.15, -0.1) is 0 Å². The third-order valence-corrected chi connectivity index (χ3v) is 1.89. The van der Waals surface area contributed by atoms with Crippen molar-refractivity contribution < 1.29 is 0 Å². The van der Waals surface area contributed by atoms with Crippen LogP contribution in [-0.2, 0) is 0 Å². The van der Waals surface area contributed by atoms with Crippen molar-refractivity contribution in [2.75, 3.05) is 0 Å². The molecule has 6 heteroatoms. The Hall–Kier alpha value is -2.73.